The van der Waals surface area contributed by atoms with Crippen molar-refractivity contribution in [3.63, 3.8) is 0 Å². The molecule has 1 unspecified atom stereocenters. The molecule has 0 amide bonds. The molecule has 0 saturated heterocycles. The molecule has 6 heteroatoms. The second kappa shape index (κ2) is 8.01. The molecular formula is C24H27N3O3. The number of fused-ring (bicyclic) bond motifs is 2. The summed E-state index contributed by atoms with van der Waals surface area (Å²) in [5.41, 5.74) is 6.96. The fourth-order valence-electron chi connectivity index (χ4n) is 4.65. The third-order valence-electron chi connectivity index (χ3n) is 6.19. The zero-order chi connectivity index (χ0) is 21.4. The molecule has 30 heavy (non-hydrogen) atoms. The number of ether oxygens (including phenoxy) is 1. The topological polar surface area (TPSA) is 74.1 Å². The van der Waals surface area contributed by atoms with Crippen molar-refractivity contribution in [2.45, 2.75) is 46.0 Å². The number of nitrogens with zero attached hydrogens (tertiary/aromatic N) is 3. The van der Waals surface area contributed by atoms with Gasteiger partial charge in [0.2, 0.25) is 0 Å². The third kappa shape index (κ3) is 3.51. The molecule has 1 heterocycles. The molecule has 0 fully saturated rings. The highest BCUT2D eigenvalue weighted by molar-refractivity contribution is 6.00. The standard InChI is InChI=1S/C24H27N3O3/c1-5-30-22(29)12-14(2)23(17-7-6-16-8-11-21(28)19(16)13-17)18-9-10-20-24(15(18)3)25-26-27(20)4/h6-7,9-10,13-14,23H,5,8,11-12H2,1-4H3/t14-,23?/m0/s1. The first-order chi connectivity index (χ1) is 14.4. The summed E-state index contributed by atoms with van der Waals surface area (Å²) in [6, 6.07) is 10.3. The smallest absolute Gasteiger partial charge is 0.306 e. The van der Waals surface area contributed by atoms with Gasteiger partial charge in [0.05, 0.1) is 12.1 Å². The van der Waals surface area contributed by atoms with E-state index in [4.69, 9.17) is 4.74 Å². The van der Waals surface area contributed by atoms with Crippen LogP contribution in [-0.4, -0.2) is 33.4 Å². The first-order valence-corrected chi connectivity index (χ1v) is 10.5. The third-order valence-corrected chi connectivity index (χ3v) is 6.19. The maximum absolute atomic E-state index is 12.4. The molecule has 0 bridgehead atoms. The first-order valence-electron chi connectivity index (χ1n) is 10.5. The van der Waals surface area contributed by atoms with E-state index in [9.17, 15) is 9.59 Å². The van der Waals surface area contributed by atoms with Crippen LogP contribution < -0.4 is 0 Å². The first kappa shape index (κ1) is 20.3. The van der Waals surface area contributed by atoms with Gasteiger partial charge in [0.15, 0.2) is 5.78 Å². The maximum Gasteiger partial charge on any atom is 0.306 e. The molecule has 4 rings (SSSR count). The number of hydrogen-bond acceptors (Lipinski definition) is 5. The molecule has 0 radical (unpaired) electrons. The van der Waals surface area contributed by atoms with E-state index in [2.05, 4.69) is 42.4 Å². The molecule has 1 aromatic heterocycles. The SMILES string of the molecule is CCOC(=O)C[C@H](C)C(c1ccc2c(c1)C(=O)CC2)c1ccc2c(nnn2C)c1C. The van der Waals surface area contributed by atoms with Crippen molar-refractivity contribution in [1.82, 2.24) is 15.0 Å². The van der Waals surface area contributed by atoms with Crippen LogP contribution >= 0.6 is 0 Å². The van der Waals surface area contributed by atoms with E-state index in [1.807, 2.05) is 26.1 Å². The number of aromatic nitrogens is 3. The zero-order valence-corrected chi connectivity index (χ0v) is 17.9. The van der Waals surface area contributed by atoms with Gasteiger partial charge >= 0.3 is 5.97 Å². The van der Waals surface area contributed by atoms with Gasteiger partial charge in [0.1, 0.15) is 5.52 Å². The number of hydrogen-bond donors (Lipinski definition) is 0. The van der Waals surface area contributed by atoms with E-state index in [1.54, 1.807) is 4.68 Å². The number of aryl methyl sites for hydroxylation is 3. The van der Waals surface area contributed by atoms with Crippen LogP contribution in [0.4, 0.5) is 0 Å². The molecule has 2 atom stereocenters. The van der Waals surface area contributed by atoms with Gasteiger partial charge in [0.25, 0.3) is 0 Å². The average molecular weight is 405 g/mol. The number of Topliss-reactive ketones (excluding diaryl/α,β-unsaturated/α-hetero) is 1. The van der Waals surface area contributed by atoms with Crippen molar-refractivity contribution in [2.75, 3.05) is 6.61 Å². The molecular weight excluding hydrogens is 378 g/mol. The summed E-state index contributed by atoms with van der Waals surface area (Å²) in [5, 5.41) is 8.49. The molecule has 156 valence electrons. The van der Waals surface area contributed by atoms with Crippen LogP contribution in [0.15, 0.2) is 30.3 Å². The number of carbonyl (C=O) groups excluding carboxylic acids is 2. The van der Waals surface area contributed by atoms with Crippen molar-refractivity contribution < 1.29 is 14.3 Å². The predicted octanol–water partition coefficient (Wildman–Crippen LogP) is 4.13. The number of benzene rings is 2. The van der Waals surface area contributed by atoms with Gasteiger partial charge in [-0.05, 0) is 60.6 Å². The Labute approximate surface area is 176 Å². The Hall–Kier alpha value is -3.02. The van der Waals surface area contributed by atoms with Crippen LogP contribution in [-0.2, 0) is 23.0 Å². The summed E-state index contributed by atoms with van der Waals surface area (Å²) in [7, 11) is 1.88. The van der Waals surface area contributed by atoms with Crippen LogP contribution in [0.25, 0.3) is 11.0 Å². The Morgan fingerprint density at radius 1 is 1.23 bits per heavy atom. The fourth-order valence-corrected chi connectivity index (χ4v) is 4.65. The van der Waals surface area contributed by atoms with Gasteiger partial charge < -0.3 is 4.74 Å². The minimum Gasteiger partial charge on any atom is -0.466 e. The number of rotatable bonds is 6. The van der Waals surface area contributed by atoms with Crippen LogP contribution in [0, 0.1) is 12.8 Å². The summed E-state index contributed by atoms with van der Waals surface area (Å²) in [4.78, 5) is 24.6. The zero-order valence-electron chi connectivity index (χ0n) is 17.9. The number of esters is 1. The highest BCUT2D eigenvalue weighted by Crippen LogP contribution is 2.39. The summed E-state index contributed by atoms with van der Waals surface area (Å²) < 4.78 is 6.97. The lowest BCUT2D eigenvalue weighted by Gasteiger charge is -2.26. The van der Waals surface area contributed by atoms with Gasteiger partial charge in [0, 0.05) is 31.4 Å². The molecule has 1 aliphatic carbocycles. The van der Waals surface area contributed by atoms with E-state index in [0.29, 0.717) is 19.4 Å². The van der Waals surface area contributed by atoms with Crippen molar-refractivity contribution >= 4 is 22.8 Å². The Morgan fingerprint density at radius 3 is 2.80 bits per heavy atom. The lowest BCUT2D eigenvalue weighted by atomic mass is 9.77. The van der Waals surface area contributed by atoms with Crippen molar-refractivity contribution in [3.8, 4) is 0 Å². The number of ketones is 1. The van der Waals surface area contributed by atoms with Crippen LogP contribution in [0.1, 0.15) is 65.2 Å². The van der Waals surface area contributed by atoms with Crippen molar-refractivity contribution in [3.05, 3.63) is 58.1 Å². The second-order valence-corrected chi connectivity index (χ2v) is 8.16. The second-order valence-electron chi connectivity index (χ2n) is 8.16. The van der Waals surface area contributed by atoms with E-state index in [0.717, 1.165) is 45.3 Å². The molecule has 6 nitrogen and oxygen atoms in total. The lowest BCUT2D eigenvalue weighted by molar-refractivity contribution is -0.144. The van der Waals surface area contributed by atoms with E-state index in [-0.39, 0.29) is 23.6 Å². The molecule has 0 spiro atoms. The minimum atomic E-state index is -0.203. The molecule has 0 N–H and O–H groups in total. The highest BCUT2D eigenvalue weighted by atomic mass is 16.5. The minimum absolute atomic E-state index is 0.00794. The average Bonchev–Trinajstić information content (AvgIpc) is 3.27. The van der Waals surface area contributed by atoms with E-state index in [1.165, 1.54) is 0 Å². The molecule has 0 saturated carbocycles. The molecule has 3 aromatic rings. The summed E-state index contributed by atoms with van der Waals surface area (Å²) in [6.45, 7) is 6.30. The monoisotopic (exact) mass is 405 g/mol. The maximum atomic E-state index is 12.4. The lowest BCUT2D eigenvalue weighted by Crippen LogP contribution is -2.18. The predicted molar refractivity (Wildman–Crippen MR) is 115 cm³/mol. The van der Waals surface area contributed by atoms with Crippen LogP contribution in [0.2, 0.25) is 0 Å². The van der Waals surface area contributed by atoms with Gasteiger partial charge in [-0.1, -0.05) is 30.3 Å². The summed E-state index contributed by atoms with van der Waals surface area (Å²) in [5.74, 6) is -0.0684. The summed E-state index contributed by atoms with van der Waals surface area (Å²) in [6.07, 6.45) is 1.69. The van der Waals surface area contributed by atoms with Gasteiger partial charge in [-0.3, -0.25) is 9.59 Å². The van der Waals surface area contributed by atoms with Gasteiger partial charge in [-0.15, -0.1) is 5.10 Å². The van der Waals surface area contributed by atoms with Crippen LogP contribution in [0.3, 0.4) is 0 Å². The van der Waals surface area contributed by atoms with Gasteiger partial charge in [-0.25, -0.2) is 4.68 Å². The van der Waals surface area contributed by atoms with Crippen molar-refractivity contribution in [1.29, 1.82) is 0 Å². The Bertz CT molecular complexity index is 1130. The van der Waals surface area contributed by atoms with Gasteiger partial charge in [-0.2, -0.15) is 0 Å². The Balaban J connectivity index is 1.82. The molecule has 0 aliphatic heterocycles. The fraction of sp³-hybridized carbons (Fsp3) is 0.417. The van der Waals surface area contributed by atoms with E-state index < -0.39 is 0 Å². The highest BCUT2D eigenvalue weighted by Gasteiger charge is 2.29. The molecule has 1 aliphatic rings. The quantitative estimate of drug-likeness (QED) is 0.577. The Kier molecular flexibility index (Phi) is 5.41. The summed E-state index contributed by atoms with van der Waals surface area (Å²) >= 11 is 0. The molecule has 2 aromatic carbocycles. The largest absolute Gasteiger partial charge is 0.466 e. The normalized spacial score (nSPS) is 15.3. The van der Waals surface area contributed by atoms with E-state index >= 15 is 0 Å². The number of carbonyl (C=O) groups is 2. The Morgan fingerprint density at radius 2 is 2.03 bits per heavy atom. The van der Waals surface area contributed by atoms with Crippen LogP contribution in [0.5, 0.6) is 0 Å². The van der Waals surface area contributed by atoms with Crippen molar-refractivity contribution in [2.24, 2.45) is 13.0 Å².